The standard InChI is InChI=1S/C44H54N7O8P/c1-28(2)41(52)48-43-47-40-39(42(53)49-43)46-27-50(40)38-25-36(37(58-38)26-57-60(56-24-12-23-45)51(29(3)4)30(5)6)59-44(31-13-10-9-11-14-31,32-15-19-34(54-7)20-16-32)33-17-21-35(55-8)22-18-33/h9-11,13-22,27-30,36-38H,12,24-26H2,1-8H3,(H2,47,48,49,52,53)/t36-,37-,38-,60?/m1/s1. The number of amides is 1. The molecule has 1 saturated heterocycles. The Morgan fingerprint density at radius 1 is 0.950 bits per heavy atom. The van der Waals surface area contributed by atoms with Gasteiger partial charge in [0.1, 0.15) is 29.4 Å². The predicted octanol–water partition coefficient (Wildman–Crippen LogP) is 7.69. The van der Waals surface area contributed by atoms with Crippen LogP contribution in [-0.2, 0) is 28.9 Å². The van der Waals surface area contributed by atoms with E-state index in [4.69, 9.17) is 28.0 Å². The van der Waals surface area contributed by atoms with Crippen molar-refractivity contribution in [3.05, 3.63) is 112 Å². The molecule has 1 aliphatic heterocycles. The van der Waals surface area contributed by atoms with Crippen LogP contribution in [0.25, 0.3) is 11.2 Å². The summed E-state index contributed by atoms with van der Waals surface area (Å²) in [4.78, 5) is 37.6. The minimum absolute atomic E-state index is 0.00311. The Balaban J connectivity index is 1.48. The number of hydrogen-bond acceptors (Lipinski definition) is 12. The molecule has 0 aliphatic carbocycles. The number of nitrogens with zero attached hydrogens (tertiary/aromatic N) is 5. The fourth-order valence-electron chi connectivity index (χ4n) is 7.31. The van der Waals surface area contributed by atoms with Crippen molar-refractivity contribution in [2.75, 3.05) is 32.8 Å². The van der Waals surface area contributed by atoms with Crippen LogP contribution in [0.3, 0.4) is 0 Å². The molecule has 15 nitrogen and oxygen atoms in total. The van der Waals surface area contributed by atoms with Gasteiger partial charge < -0.3 is 28.0 Å². The summed E-state index contributed by atoms with van der Waals surface area (Å²) in [5, 5.41) is 12.0. The van der Waals surface area contributed by atoms with E-state index >= 15 is 0 Å². The number of ether oxygens (including phenoxy) is 4. The van der Waals surface area contributed by atoms with Crippen LogP contribution in [0.15, 0.2) is 90.0 Å². The molecule has 6 rings (SSSR count). The van der Waals surface area contributed by atoms with E-state index < -0.39 is 38.1 Å². The Morgan fingerprint density at radius 3 is 2.10 bits per heavy atom. The Kier molecular flexibility index (Phi) is 14.7. The highest BCUT2D eigenvalue weighted by atomic mass is 31.2. The van der Waals surface area contributed by atoms with Crippen molar-refractivity contribution in [2.24, 2.45) is 5.92 Å². The van der Waals surface area contributed by atoms with E-state index in [-0.39, 0.29) is 67.1 Å². The quantitative estimate of drug-likeness (QED) is 0.0472. The van der Waals surface area contributed by atoms with Gasteiger partial charge in [-0.15, -0.1) is 0 Å². The number of hydrogen-bond donors (Lipinski definition) is 2. The number of aromatic amines is 1. The number of nitriles is 1. The largest absolute Gasteiger partial charge is 0.497 e. The maximum Gasteiger partial charge on any atom is 0.280 e. The first-order chi connectivity index (χ1) is 28.9. The first-order valence-electron chi connectivity index (χ1n) is 20.1. The van der Waals surface area contributed by atoms with Gasteiger partial charge in [-0.3, -0.25) is 24.5 Å². The maximum absolute atomic E-state index is 13.3. The van der Waals surface area contributed by atoms with Gasteiger partial charge in [-0.05, 0) is 68.7 Å². The highest BCUT2D eigenvalue weighted by molar-refractivity contribution is 7.44. The average molecular weight is 840 g/mol. The molecule has 3 aromatic carbocycles. The minimum Gasteiger partial charge on any atom is -0.497 e. The van der Waals surface area contributed by atoms with E-state index in [2.05, 4.69) is 58.7 Å². The van der Waals surface area contributed by atoms with Gasteiger partial charge in [-0.1, -0.05) is 68.4 Å². The van der Waals surface area contributed by atoms with Gasteiger partial charge in [0.2, 0.25) is 11.9 Å². The first kappa shape index (κ1) is 44.4. The Morgan fingerprint density at radius 2 is 1.55 bits per heavy atom. The van der Waals surface area contributed by atoms with Crippen LogP contribution in [0.1, 0.15) is 77.3 Å². The molecule has 0 bridgehead atoms. The number of benzene rings is 3. The first-order valence-corrected chi connectivity index (χ1v) is 21.2. The van der Waals surface area contributed by atoms with Gasteiger partial charge >= 0.3 is 0 Å². The van der Waals surface area contributed by atoms with Crippen LogP contribution in [0.2, 0.25) is 0 Å². The van der Waals surface area contributed by atoms with E-state index in [1.54, 1.807) is 32.6 Å². The van der Waals surface area contributed by atoms with Crippen molar-refractivity contribution >= 4 is 31.5 Å². The zero-order chi connectivity index (χ0) is 43.0. The Labute approximate surface area is 351 Å². The molecular formula is C44H54N7O8P. The van der Waals surface area contributed by atoms with Gasteiger partial charge in [-0.2, -0.15) is 10.2 Å². The molecule has 4 atom stereocenters. The summed E-state index contributed by atoms with van der Waals surface area (Å²) in [7, 11) is 1.62. The van der Waals surface area contributed by atoms with Crippen LogP contribution >= 0.6 is 8.53 Å². The number of nitrogens with one attached hydrogen (secondary N) is 2. The molecule has 2 N–H and O–H groups in total. The number of fused-ring (bicyclic) bond motifs is 1. The monoisotopic (exact) mass is 839 g/mol. The third kappa shape index (κ3) is 9.71. The number of carbonyl (C=O) groups is 1. The van der Waals surface area contributed by atoms with E-state index in [0.717, 1.165) is 16.7 Å². The lowest BCUT2D eigenvalue weighted by molar-refractivity contribution is -0.118. The van der Waals surface area contributed by atoms with Gasteiger partial charge in [0.05, 0.1) is 52.4 Å². The molecule has 1 fully saturated rings. The van der Waals surface area contributed by atoms with Crippen LogP contribution in [0.5, 0.6) is 11.5 Å². The molecule has 318 valence electrons. The lowest BCUT2D eigenvalue weighted by Crippen LogP contribution is -2.41. The van der Waals surface area contributed by atoms with Crippen molar-refractivity contribution in [1.82, 2.24) is 24.2 Å². The molecule has 5 aromatic rings. The summed E-state index contributed by atoms with van der Waals surface area (Å²) in [5.74, 6) is 0.739. The Bertz CT molecular complexity index is 2220. The second kappa shape index (κ2) is 19.9. The highest BCUT2D eigenvalue weighted by Gasteiger charge is 2.47. The summed E-state index contributed by atoms with van der Waals surface area (Å²) in [6.45, 7) is 12.1. The SMILES string of the molecule is COc1ccc(C(O[C@@H]2C[C@H](n3cnc4c(=O)[nH]c(NC(=O)C(C)C)nc43)O[C@@H]2COP(OCCC#N)N(C(C)C)C(C)C)(c2ccccc2)c2ccc(OC)cc2)cc1. The summed E-state index contributed by atoms with van der Waals surface area (Å²) in [6, 6.07) is 27.9. The van der Waals surface area contributed by atoms with Crippen LogP contribution in [0, 0.1) is 17.2 Å². The molecule has 1 aliphatic rings. The van der Waals surface area contributed by atoms with Crippen molar-refractivity contribution in [2.45, 2.75) is 90.5 Å². The number of H-pyrrole nitrogens is 1. The molecule has 16 heteroatoms. The molecule has 0 radical (unpaired) electrons. The van der Waals surface area contributed by atoms with Gasteiger partial charge in [0, 0.05) is 24.4 Å². The van der Waals surface area contributed by atoms with E-state index in [0.29, 0.717) is 11.5 Å². The normalized spacial score (nSPS) is 17.4. The summed E-state index contributed by atoms with van der Waals surface area (Å²) >= 11 is 0. The van der Waals surface area contributed by atoms with Crippen LogP contribution in [0.4, 0.5) is 5.95 Å². The zero-order valence-corrected chi connectivity index (χ0v) is 36.2. The number of rotatable bonds is 19. The van der Waals surface area contributed by atoms with E-state index in [1.807, 2.05) is 78.9 Å². The van der Waals surface area contributed by atoms with Crippen LogP contribution < -0.4 is 20.3 Å². The van der Waals surface area contributed by atoms with Gasteiger partial charge in [0.15, 0.2) is 11.2 Å². The molecule has 2 aromatic heterocycles. The maximum atomic E-state index is 13.3. The Hall–Kier alpha value is -5.20. The van der Waals surface area contributed by atoms with Crippen molar-refractivity contribution in [3.8, 4) is 17.6 Å². The molecule has 0 spiro atoms. The number of anilines is 1. The summed E-state index contributed by atoms with van der Waals surface area (Å²) < 4.78 is 42.5. The lowest BCUT2D eigenvalue weighted by Gasteiger charge is -2.40. The van der Waals surface area contributed by atoms with E-state index in [9.17, 15) is 14.9 Å². The minimum atomic E-state index is -1.63. The number of methoxy groups -OCH3 is 2. The van der Waals surface area contributed by atoms with Crippen molar-refractivity contribution in [1.29, 1.82) is 5.26 Å². The zero-order valence-electron chi connectivity index (χ0n) is 35.3. The third-order valence-electron chi connectivity index (χ3n) is 10.2. The molecule has 1 amide bonds. The molecule has 0 saturated carbocycles. The lowest BCUT2D eigenvalue weighted by atomic mass is 9.79. The smallest absolute Gasteiger partial charge is 0.280 e. The van der Waals surface area contributed by atoms with Crippen molar-refractivity contribution < 1.29 is 32.8 Å². The van der Waals surface area contributed by atoms with E-state index in [1.165, 1.54) is 6.33 Å². The van der Waals surface area contributed by atoms with Gasteiger partial charge in [-0.25, -0.2) is 9.65 Å². The fourth-order valence-corrected chi connectivity index (χ4v) is 8.93. The van der Waals surface area contributed by atoms with Crippen molar-refractivity contribution in [3.63, 3.8) is 0 Å². The number of imidazole rings is 1. The second-order valence-corrected chi connectivity index (χ2v) is 16.7. The molecule has 1 unspecified atom stereocenters. The second-order valence-electron chi connectivity index (χ2n) is 15.3. The molecule has 60 heavy (non-hydrogen) atoms. The topological polar surface area (TPSA) is 175 Å². The van der Waals surface area contributed by atoms with Crippen LogP contribution in [-0.4, -0.2) is 81.8 Å². The number of aromatic nitrogens is 4. The fraction of sp³-hybridized carbons (Fsp3) is 0.432. The average Bonchev–Trinajstić information content (AvgIpc) is 3.86. The summed E-state index contributed by atoms with van der Waals surface area (Å²) in [6.07, 6.45) is -0.0630. The highest BCUT2D eigenvalue weighted by Crippen LogP contribution is 2.49. The van der Waals surface area contributed by atoms with Gasteiger partial charge in [0.25, 0.3) is 14.1 Å². The number of carbonyl (C=O) groups excluding carboxylic acids is 1. The third-order valence-corrected chi connectivity index (χ3v) is 12.3. The predicted molar refractivity (Wildman–Crippen MR) is 228 cm³/mol. The molecular weight excluding hydrogens is 785 g/mol. The molecule has 3 heterocycles. The summed E-state index contributed by atoms with van der Waals surface area (Å²) in [5.41, 5.74) is 1.15.